The Morgan fingerprint density at radius 3 is 2.60 bits per heavy atom. The van der Waals surface area contributed by atoms with Gasteiger partial charge in [0.15, 0.2) is 0 Å². The van der Waals surface area contributed by atoms with Crippen molar-refractivity contribution in [2.45, 2.75) is 6.92 Å². The topological polar surface area (TPSA) is 68.0 Å². The molecule has 0 aliphatic carbocycles. The molecule has 2 aromatic rings. The minimum atomic E-state index is -0.461. The minimum absolute atomic E-state index is 0.0611. The summed E-state index contributed by atoms with van der Waals surface area (Å²) in [6.45, 7) is 1.82. The molecule has 0 spiro atoms. The standard InChI is InChI=1S/C13H10Cl3N3O/c1-6-2-10(15)11(4-9(6)14)19-13(20)8-3-7(17)5-18-12(8)16/h2-5H,17H2,1H3,(H,19,20). The van der Waals surface area contributed by atoms with Crippen LogP contribution in [0.25, 0.3) is 0 Å². The number of carbonyl (C=O) groups excluding carboxylic acids is 1. The van der Waals surface area contributed by atoms with Crippen molar-refractivity contribution < 1.29 is 4.79 Å². The fraction of sp³-hybridized carbons (Fsp3) is 0.0769. The number of halogens is 3. The Labute approximate surface area is 130 Å². The summed E-state index contributed by atoms with van der Waals surface area (Å²) in [5.41, 5.74) is 7.30. The Morgan fingerprint density at radius 2 is 1.90 bits per heavy atom. The first kappa shape index (κ1) is 14.9. The van der Waals surface area contributed by atoms with Gasteiger partial charge in [-0.3, -0.25) is 4.79 Å². The van der Waals surface area contributed by atoms with Crippen LogP contribution >= 0.6 is 34.8 Å². The third-order valence-electron chi connectivity index (χ3n) is 2.60. The molecule has 1 aromatic heterocycles. The number of aromatic nitrogens is 1. The summed E-state index contributed by atoms with van der Waals surface area (Å²) in [6, 6.07) is 4.68. The number of pyridine rings is 1. The number of nitrogen functional groups attached to an aromatic ring is 1. The van der Waals surface area contributed by atoms with Gasteiger partial charge in [0.05, 0.1) is 28.2 Å². The van der Waals surface area contributed by atoms with Crippen LogP contribution in [0.4, 0.5) is 11.4 Å². The molecule has 2 rings (SSSR count). The van der Waals surface area contributed by atoms with Gasteiger partial charge >= 0.3 is 0 Å². The van der Waals surface area contributed by atoms with Crippen LogP contribution in [-0.4, -0.2) is 10.9 Å². The summed E-state index contributed by atoms with van der Waals surface area (Å²) >= 11 is 17.9. The third kappa shape index (κ3) is 3.15. The normalized spacial score (nSPS) is 10.4. The number of aryl methyl sites for hydroxylation is 1. The fourth-order valence-corrected chi connectivity index (χ4v) is 2.17. The lowest BCUT2D eigenvalue weighted by molar-refractivity contribution is 0.102. The molecule has 0 bridgehead atoms. The molecule has 1 heterocycles. The van der Waals surface area contributed by atoms with Crippen LogP contribution in [0.3, 0.4) is 0 Å². The van der Waals surface area contributed by atoms with Crippen molar-refractivity contribution in [3.05, 3.63) is 50.7 Å². The first-order valence-corrected chi connectivity index (χ1v) is 6.70. The molecule has 0 atom stereocenters. The fourth-order valence-electron chi connectivity index (χ4n) is 1.56. The smallest absolute Gasteiger partial charge is 0.258 e. The van der Waals surface area contributed by atoms with E-state index < -0.39 is 5.91 Å². The average molecular weight is 331 g/mol. The second-order valence-corrected chi connectivity index (χ2v) is 5.31. The quantitative estimate of drug-likeness (QED) is 0.811. The number of benzene rings is 1. The lowest BCUT2D eigenvalue weighted by Crippen LogP contribution is -2.14. The Kier molecular flexibility index (Phi) is 4.38. The molecular formula is C13H10Cl3N3O. The number of carbonyl (C=O) groups is 1. The first-order chi connectivity index (χ1) is 9.38. The number of rotatable bonds is 2. The zero-order chi connectivity index (χ0) is 14.9. The predicted molar refractivity (Wildman–Crippen MR) is 82.8 cm³/mol. The van der Waals surface area contributed by atoms with Crippen molar-refractivity contribution in [1.82, 2.24) is 4.98 Å². The number of amides is 1. The molecule has 0 saturated carbocycles. The molecule has 0 unspecified atom stereocenters. The van der Waals surface area contributed by atoms with Crippen LogP contribution in [0.1, 0.15) is 15.9 Å². The van der Waals surface area contributed by atoms with Crippen molar-refractivity contribution in [1.29, 1.82) is 0 Å². The third-order valence-corrected chi connectivity index (χ3v) is 3.62. The molecule has 0 radical (unpaired) electrons. The van der Waals surface area contributed by atoms with E-state index in [0.717, 1.165) is 5.56 Å². The van der Waals surface area contributed by atoms with Gasteiger partial charge in [0, 0.05) is 5.02 Å². The highest BCUT2D eigenvalue weighted by Crippen LogP contribution is 2.29. The first-order valence-electron chi connectivity index (χ1n) is 5.56. The molecule has 0 aliphatic rings. The van der Waals surface area contributed by atoms with Gasteiger partial charge in [-0.05, 0) is 30.7 Å². The molecule has 0 fully saturated rings. The maximum atomic E-state index is 12.1. The summed E-state index contributed by atoms with van der Waals surface area (Å²) in [5, 5.41) is 3.57. The summed E-state index contributed by atoms with van der Waals surface area (Å²) in [5.74, 6) is -0.461. The van der Waals surface area contributed by atoms with E-state index >= 15 is 0 Å². The SMILES string of the molecule is Cc1cc(Cl)c(NC(=O)c2cc(N)cnc2Cl)cc1Cl. The molecule has 0 aliphatic heterocycles. The van der Waals surface area contributed by atoms with Gasteiger partial charge < -0.3 is 11.1 Å². The maximum absolute atomic E-state index is 12.1. The Hall–Kier alpha value is -1.49. The summed E-state index contributed by atoms with van der Waals surface area (Å²) in [4.78, 5) is 16.0. The van der Waals surface area contributed by atoms with Crippen LogP contribution in [0.2, 0.25) is 15.2 Å². The van der Waals surface area contributed by atoms with Crippen LogP contribution in [0, 0.1) is 6.92 Å². The van der Waals surface area contributed by atoms with E-state index in [1.807, 2.05) is 6.92 Å². The van der Waals surface area contributed by atoms with Crippen LogP contribution < -0.4 is 11.1 Å². The maximum Gasteiger partial charge on any atom is 0.258 e. The van der Waals surface area contributed by atoms with E-state index in [-0.39, 0.29) is 10.7 Å². The van der Waals surface area contributed by atoms with Crippen molar-refractivity contribution in [2.75, 3.05) is 11.1 Å². The highest BCUT2D eigenvalue weighted by molar-refractivity contribution is 6.37. The van der Waals surface area contributed by atoms with Crippen molar-refractivity contribution in [2.24, 2.45) is 0 Å². The van der Waals surface area contributed by atoms with Crippen molar-refractivity contribution >= 4 is 52.1 Å². The van der Waals surface area contributed by atoms with Gasteiger partial charge in [-0.15, -0.1) is 0 Å². The largest absolute Gasteiger partial charge is 0.397 e. The molecule has 3 N–H and O–H groups in total. The van der Waals surface area contributed by atoms with Crippen LogP contribution in [0.5, 0.6) is 0 Å². The molecule has 1 aromatic carbocycles. The lowest BCUT2D eigenvalue weighted by Gasteiger charge is -2.10. The number of nitrogens with two attached hydrogens (primary N) is 1. The molecular weight excluding hydrogens is 321 g/mol. The lowest BCUT2D eigenvalue weighted by atomic mass is 10.2. The second kappa shape index (κ2) is 5.87. The second-order valence-electron chi connectivity index (χ2n) is 4.14. The molecule has 0 saturated heterocycles. The number of hydrogen-bond donors (Lipinski definition) is 2. The summed E-state index contributed by atoms with van der Waals surface area (Å²) in [6.07, 6.45) is 1.37. The number of anilines is 2. The van der Waals surface area contributed by atoms with Crippen molar-refractivity contribution in [3.63, 3.8) is 0 Å². The van der Waals surface area contributed by atoms with E-state index in [1.54, 1.807) is 12.1 Å². The van der Waals surface area contributed by atoms with Gasteiger partial charge in [0.2, 0.25) is 0 Å². The van der Waals surface area contributed by atoms with E-state index in [2.05, 4.69) is 10.3 Å². The van der Waals surface area contributed by atoms with Crippen molar-refractivity contribution in [3.8, 4) is 0 Å². The number of nitrogens with one attached hydrogen (secondary N) is 1. The highest BCUT2D eigenvalue weighted by Gasteiger charge is 2.14. The van der Waals surface area contributed by atoms with Crippen LogP contribution in [-0.2, 0) is 0 Å². The summed E-state index contributed by atoms with van der Waals surface area (Å²) < 4.78 is 0. The Bertz CT molecular complexity index is 689. The Morgan fingerprint density at radius 1 is 1.20 bits per heavy atom. The molecule has 104 valence electrons. The molecule has 1 amide bonds. The minimum Gasteiger partial charge on any atom is -0.397 e. The monoisotopic (exact) mass is 329 g/mol. The van der Waals surface area contributed by atoms with Crippen LogP contribution in [0.15, 0.2) is 24.4 Å². The van der Waals surface area contributed by atoms with E-state index in [0.29, 0.717) is 21.4 Å². The van der Waals surface area contributed by atoms with Gasteiger partial charge in [0.25, 0.3) is 5.91 Å². The van der Waals surface area contributed by atoms with E-state index in [4.69, 9.17) is 40.5 Å². The number of hydrogen-bond acceptors (Lipinski definition) is 3. The molecule has 4 nitrogen and oxygen atoms in total. The van der Waals surface area contributed by atoms with E-state index in [1.165, 1.54) is 12.3 Å². The summed E-state index contributed by atoms with van der Waals surface area (Å²) in [7, 11) is 0. The molecule has 7 heteroatoms. The highest BCUT2D eigenvalue weighted by atomic mass is 35.5. The van der Waals surface area contributed by atoms with E-state index in [9.17, 15) is 4.79 Å². The van der Waals surface area contributed by atoms with Gasteiger partial charge in [0.1, 0.15) is 5.15 Å². The van der Waals surface area contributed by atoms with Gasteiger partial charge in [-0.2, -0.15) is 0 Å². The Balaban J connectivity index is 2.32. The molecule has 20 heavy (non-hydrogen) atoms. The average Bonchev–Trinajstić information content (AvgIpc) is 2.38. The van der Waals surface area contributed by atoms with Gasteiger partial charge in [-0.1, -0.05) is 34.8 Å². The van der Waals surface area contributed by atoms with Gasteiger partial charge in [-0.25, -0.2) is 4.98 Å². The zero-order valence-corrected chi connectivity index (χ0v) is 12.6. The predicted octanol–water partition coefficient (Wildman–Crippen LogP) is 4.18. The number of nitrogens with zero attached hydrogens (tertiary/aromatic N) is 1. The zero-order valence-electron chi connectivity index (χ0n) is 10.4.